The third-order valence-corrected chi connectivity index (χ3v) is 4.55. The molecule has 0 aliphatic heterocycles. The van der Waals surface area contributed by atoms with Crippen molar-refractivity contribution in [2.75, 3.05) is 7.05 Å². The summed E-state index contributed by atoms with van der Waals surface area (Å²) in [6.07, 6.45) is 6.39. The molecule has 28 heavy (non-hydrogen) atoms. The van der Waals surface area contributed by atoms with Crippen LogP contribution in [0.3, 0.4) is 0 Å². The Morgan fingerprint density at radius 2 is 2.07 bits per heavy atom. The van der Waals surface area contributed by atoms with Gasteiger partial charge in [0.05, 0.1) is 17.6 Å². The highest BCUT2D eigenvalue weighted by Gasteiger charge is 2.14. The number of imidazole rings is 2. The zero-order valence-corrected chi connectivity index (χ0v) is 15.9. The first kappa shape index (κ1) is 18.0. The fourth-order valence-corrected chi connectivity index (χ4v) is 3.38. The third-order valence-electron chi connectivity index (χ3n) is 4.55. The van der Waals surface area contributed by atoms with Crippen LogP contribution in [0.4, 0.5) is 4.39 Å². The van der Waals surface area contributed by atoms with E-state index in [1.165, 1.54) is 6.07 Å². The molecule has 0 unspecified atom stereocenters. The average molecular weight is 376 g/mol. The van der Waals surface area contributed by atoms with Gasteiger partial charge in [0.2, 0.25) is 5.95 Å². The van der Waals surface area contributed by atoms with E-state index in [-0.39, 0.29) is 0 Å². The van der Waals surface area contributed by atoms with Gasteiger partial charge < -0.3 is 9.13 Å². The number of aromatic nitrogens is 5. The van der Waals surface area contributed by atoms with Gasteiger partial charge in [-0.05, 0) is 36.2 Å². The van der Waals surface area contributed by atoms with Gasteiger partial charge in [-0.2, -0.15) is 4.39 Å². The summed E-state index contributed by atoms with van der Waals surface area (Å²) in [4.78, 5) is 17.3. The lowest BCUT2D eigenvalue weighted by Gasteiger charge is -2.10. The molecule has 0 bridgehead atoms. The van der Waals surface area contributed by atoms with Gasteiger partial charge in [0, 0.05) is 32.2 Å². The molecule has 0 atom stereocenters. The lowest BCUT2D eigenvalue weighted by molar-refractivity contribution is 0.583. The third kappa shape index (κ3) is 3.43. The van der Waals surface area contributed by atoms with E-state index in [2.05, 4.69) is 32.5 Å². The highest BCUT2D eigenvalue weighted by atomic mass is 19.1. The molecule has 0 aliphatic rings. The number of pyridine rings is 1. The number of nitrogens with zero attached hydrogens (tertiary/aromatic N) is 6. The Balaban J connectivity index is 1.76. The van der Waals surface area contributed by atoms with Gasteiger partial charge >= 0.3 is 0 Å². The lowest BCUT2D eigenvalue weighted by atomic mass is 10.2. The molecule has 3 heterocycles. The van der Waals surface area contributed by atoms with E-state index in [1.807, 2.05) is 29.1 Å². The van der Waals surface area contributed by atoms with E-state index in [9.17, 15) is 4.39 Å². The molecule has 0 fully saturated rings. The van der Waals surface area contributed by atoms with Gasteiger partial charge in [-0.3, -0.25) is 4.99 Å². The number of aliphatic imine (C=N–C) groups is 1. The molecule has 7 heteroatoms. The number of rotatable bonds is 6. The Bertz CT molecular complexity index is 1140. The van der Waals surface area contributed by atoms with Crippen molar-refractivity contribution in [2.45, 2.75) is 26.4 Å². The van der Waals surface area contributed by atoms with Gasteiger partial charge in [-0.1, -0.05) is 19.1 Å². The van der Waals surface area contributed by atoms with Crippen molar-refractivity contribution in [3.05, 3.63) is 66.1 Å². The Kier molecular flexibility index (Phi) is 4.97. The van der Waals surface area contributed by atoms with Crippen LogP contribution in [0.5, 0.6) is 0 Å². The number of benzene rings is 1. The first-order valence-corrected chi connectivity index (χ1v) is 9.25. The van der Waals surface area contributed by atoms with Gasteiger partial charge in [-0.25, -0.2) is 15.0 Å². The molecule has 4 rings (SSSR count). The number of hydrogen-bond acceptors (Lipinski definition) is 4. The summed E-state index contributed by atoms with van der Waals surface area (Å²) < 4.78 is 17.7. The predicted molar refractivity (Wildman–Crippen MR) is 108 cm³/mol. The quantitative estimate of drug-likeness (QED) is 0.378. The molecule has 0 N–H and O–H groups in total. The van der Waals surface area contributed by atoms with Gasteiger partial charge in [0.1, 0.15) is 11.5 Å². The van der Waals surface area contributed by atoms with Crippen LogP contribution in [-0.4, -0.2) is 37.3 Å². The van der Waals surface area contributed by atoms with Crippen LogP contribution in [0, 0.1) is 5.95 Å². The van der Waals surface area contributed by atoms with Crippen molar-refractivity contribution in [1.29, 1.82) is 0 Å². The summed E-state index contributed by atoms with van der Waals surface area (Å²) in [5.41, 5.74) is 3.56. The first-order chi connectivity index (χ1) is 13.7. The SMILES string of the molecule is CCCn1c(Cn2ccnc2-c2cccc(F)n2)nc2cc(C=NC)ccc21. The molecule has 0 aliphatic carbocycles. The molecule has 1 aromatic carbocycles. The van der Waals surface area contributed by atoms with Crippen LogP contribution in [-0.2, 0) is 13.1 Å². The van der Waals surface area contributed by atoms with Crippen LogP contribution in [0.25, 0.3) is 22.6 Å². The zero-order valence-electron chi connectivity index (χ0n) is 15.9. The summed E-state index contributed by atoms with van der Waals surface area (Å²) >= 11 is 0. The fourth-order valence-electron chi connectivity index (χ4n) is 3.38. The summed E-state index contributed by atoms with van der Waals surface area (Å²) in [7, 11) is 1.76. The smallest absolute Gasteiger partial charge is 0.213 e. The molecule has 0 radical (unpaired) electrons. The average Bonchev–Trinajstić information content (AvgIpc) is 3.27. The molecular formula is C21H21FN6. The number of aryl methyl sites for hydroxylation is 1. The van der Waals surface area contributed by atoms with Crippen molar-refractivity contribution in [1.82, 2.24) is 24.1 Å². The minimum absolute atomic E-state index is 0.504. The largest absolute Gasteiger partial charge is 0.326 e. The summed E-state index contributed by atoms with van der Waals surface area (Å²) in [5.74, 6) is 1.03. The Labute approximate surface area is 162 Å². The highest BCUT2D eigenvalue weighted by molar-refractivity contribution is 5.87. The molecule has 0 spiro atoms. The van der Waals surface area contributed by atoms with E-state index >= 15 is 0 Å². The van der Waals surface area contributed by atoms with Crippen LogP contribution in [0.1, 0.15) is 24.7 Å². The van der Waals surface area contributed by atoms with E-state index in [1.54, 1.807) is 25.4 Å². The number of halogens is 1. The Morgan fingerprint density at radius 3 is 2.86 bits per heavy atom. The van der Waals surface area contributed by atoms with Crippen LogP contribution >= 0.6 is 0 Å². The zero-order chi connectivity index (χ0) is 19.5. The second-order valence-electron chi connectivity index (χ2n) is 6.54. The van der Waals surface area contributed by atoms with Gasteiger partial charge in [0.25, 0.3) is 0 Å². The van der Waals surface area contributed by atoms with Crippen molar-refractivity contribution in [2.24, 2.45) is 4.99 Å². The van der Waals surface area contributed by atoms with Crippen molar-refractivity contribution in [3.63, 3.8) is 0 Å². The molecule has 0 saturated carbocycles. The Hall–Kier alpha value is -3.35. The molecule has 0 saturated heterocycles. The topological polar surface area (TPSA) is 60.9 Å². The van der Waals surface area contributed by atoms with Crippen LogP contribution < -0.4 is 0 Å². The summed E-state index contributed by atoms with van der Waals surface area (Å²) in [6.45, 7) is 3.54. The van der Waals surface area contributed by atoms with Crippen LogP contribution in [0.15, 0.2) is 53.8 Å². The summed E-state index contributed by atoms with van der Waals surface area (Å²) in [6, 6.07) is 10.9. The van der Waals surface area contributed by atoms with E-state index in [0.717, 1.165) is 35.4 Å². The molecule has 142 valence electrons. The number of fused-ring (bicyclic) bond motifs is 1. The normalized spacial score (nSPS) is 11.7. The van der Waals surface area contributed by atoms with E-state index in [4.69, 9.17) is 4.98 Å². The maximum absolute atomic E-state index is 13.5. The fraction of sp³-hybridized carbons (Fsp3) is 0.238. The highest BCUT2D eigenvalue weighted by Crippen LogP contribution is 2.21. The second-order valence-corrected chi connectivity index (χ2v) is 6.54. The van der Waals surface area contributed by atoms with E-state index < -0.39 is 5.95 Å². The maximum atomic E-state index is 13.5. The molecule has 4 aromatic rings. The summed E-state index contributed by atoms with van der Waals surface area (Å²) in [5, 5.41) is 0. The molecule has 0 amide bonds. The minimum Gasteiger partial charge on any atom is -0.326 e. The molecule has 3 aromatic heterocycles. The lowest BCUT2D eigenvalue weighted by Crippen LogP contribution is -2.10. The second kappa shape index (κ2) is 7.72. The molecular weight excluding hydrogens is 355 g/mol. The van der Waals surface area contributed by atoms with Crippen molar-refractivity contribution >= 4 is 17.2 Å². The monoisotopic (exact) mass is 376 g/mol. The minimum atomic E-state index is -0.518. The van der Waals surface area contributed by atoms with Gasteiger partial charge in [0.15, 0.2) is 5.82 Å². The van der Waals surface area contributed by atoms with Crippen molar-refractivity contribution < 1.29 is 4.39 Å². The van der Waals surface area contributed by atoms with Gasteiger partial charge in [-0.15, -0.1) is 0 Å². The Morgan fingerprint density at radius 1 is 1.18 bits per heavy atom. The first-order valence-electron chi connectivity index (χ1n) is 9.25. The standard InChI is InChI=1S/C21H21FN6/c1-3-10-28-18-8-7-15(13-23-2)12-17(18)26-20(28)14-27-11-9-24-21(27)16-5-4-6-19(22)25-16/h4-9,11-13H,3,10,14H2,1-2H3. The maximum Gasteiger partial charge on any atom is 0.213 e. The number of hydrogen-bond donors (Lipinski definition) is 0. The van der Waals surface area contributed by atoms with Crippen LogP contribution in [0.2, 0.25) is 0 Å². The van der Waals surface area contributed by atoms with Crippen molar-refractivity contribution in [3.8, 4) is 11.5 Å². The predicted octanol–water partition coefficient (Wildman–Crippen LogP) is 3.94. The van der Waals surface area contributed by atoms with E-state index in [0.29, 0.717) is 18.1 Å². The molecule has 6 nitrogen and oxygen atoms in total.